The van der Waals surface area contributed by atoms with Crippen molar-refractivity contribution < 1.29 is 4.79 Å². The predicted octanol–water partition coefficient (Wildman–Crippen LogP) is 3.62. The highest BCUT2D eigenvalue weighted by Gasteiger charge is 2.26. The highest BCUT2D eigenvalue weighted by atomic mass is 16.2. The highest BCUT2D eigenvalue weighted by Crippen LogP contribution is 2.31. The van der Waals surface area contributed by atoms with E-state index in [0.29, 0.717) is 0 Å². The minimum Gasteiger partial charge on any atom is -0.343 e. The molecule has 1 N–H and O–H groups in total. The number of aromatic nitrogens is 1. The number of nitrogens with one attached hydrogen (secondary N) is 1. The van der Waals surface area contributed by atoms with E-state index in [1.54, 1.807) is 0 Å². The highest BCUT2D eigenvalue weighted by molar-refractivity contribution is 6.00. The summed E-state index contributed by atoms with van der Waals surface area (Å²) in [5.41, 5.74) is 5.51. The van der Waals surface area contributed by atoms with Crippen LogP contribution in [0.15, 0.2) is 30.5 Å². The third-order valence-corrected chi connectivity index (χ3v) is 4.97. The van der Waals surface area contributed by atoms with E-state index in [-0.39, 0.29) is 5.91 Å². The summed E-state index contributed by atoms with van der Waals surface area (Å²) in [5.74, 6) is 0.168. The van der Waals surface area contributed by atoms with E-state index in [4.69, 9.17) is 0 Å². The van der Waals surface area contributed by atoms with E-state index in [2.05, 4.69) is 61.1 Å². The Labute approximate surface area is 150 Å². The van der Waals surface area contributed by atoms with Gasteiger partial charge >= 0.3 is 0 Å². The molecule has 0 atom stereocenters. The molecule has 1 aromatic carbocycles. The molecule has 1 saturated heterocycles. The molecule has 4 nitrogen and oxygen atoms in total. The number of piperazine rings is 1. The number of hydrogen-bond donors (Lipinski definition) is 1. The van der Waals surface area contributed by atoms with Gasteiger partial charge in [-0.05, 0) is 31.4 Å². The minimum absolute atomic E-state index is 0.168. The molecule has 3 rings (SSSR count). The SMILES string of the molecule is CCCCn1cc(C)c(-c2ccc(C)cc2)c1C(=O)N1CCNCC1. The lowest BCUT2D eigenvalue weighted by Crippen LogP contribution is -2.47. The molecule has 0 bridgehead atoms. The second-order valence-corrected chi connectivity index (χ2v) is 6.99. The molecule has 1 amide bonds. The summed E-state index contributed by atoms with van der Waals surface area (Å²) < 4.78 is 2.18. The maximum Gasteiger partial charge on any atom is 0.271 e. The van der Waals surface area contributed by atoms with E-state index in [9.17, 15) is 4.79 Å². The molecule has 1 fully saturated rings. The second kappa shape index (κ2) is 7.87. The Morgan fingerprint density at radius 2 is 1.80 bits per heavy atom. The van der Waals surface area contributed by atoms with E-state index in [1.807, 2.05) is 4.90 Å². The first-order valence-corrected chi connectivity index (χ1v) is 9.38. The smallest absolute Gasteiger partial charge is 0.271 e. The van der Waals surface area contributed by atoms with Gasteiger partial charge in [0, 0.05) is 44.5 Å². The average molecular weight is 339 g/mol. The van der Waals surface area contributed by atoms with Crippen molar-refractivity contribution in [3.8, 4) is 11.1 Å². The van der Waals surface area contributed by atoms with E-state index >= 15 is 0 Å². The van der Waals surface area contributed by atoms with Gasteiger partial charge in [-0.3, -0.25) is 4.79 Å². The van der Waals surface area contributed by atoms with Gasteiger partial charge in [-0.25, -0.2) is 0 Å². The molecule has 25 heavy (non-hydrogen) atoms. The molecule has 1 aliphatic heterocycles. The first kappa shape index (κ1) is 17.7. The summed E-state index contributed by atoms with van der Waals surface area (Å²) in [5, 5.41) is 3.33. The van der Waals surface area contributed by atoms with Crippen molar-refractivity contribution in [2.45, 2.75) is 40.2 Å². The molecule has 0 radical (unpaired) electrons. The van der Waals surface area contributed by atoms with Crippen molar-refractivity contribution in [3.63, 3.8) is 0 Å². The van der Waals surface area contributed by atoms with Crippen LogP contribution >= 0.6 is 0 Å². The van der Waals surface area contributed by atoms with E-state index in [1.165, 1.54) is 11.1 Å². The van der Waals surface area contributed by atoms with Crippen LogP contribution in [0.2, 0.25) is 0 Å². The van der Waals surface area contributed by atoms with Gasteiger partial charge in [0.15, 0.2) is 0 Å². The number of rotatable bonds is 5. The van der Waals surface area contributed by atoms with Gasteiger partial charge in [-0.2, -0.15) is 0 Å². The van der Waals surface area contributed by atoms with Crippen LogP contribution in [0.1, 0.15) is 41.4 Å². The van der Waals surface area contributed by atoms with E-state index in [0.717, 1.165) is 62.4 Å². The number of benzene rings is 1. The van der Waals surface area contributed by atoms with E-state index < -0.39 is 0 Å². The molecular formula is C21H29N3O. The quantitative estimate of drug-likeness (QED) is 0.903. The lowest BCUT2D eigenvalue weighted by molar-refractivity contribution is 0.0725. The largest absolute Gasteiger partial charge is 0.343 e. The van der Waals surface area contributed by atoms with Crippen LogP contribution in [0, 0.1) is 13.8 Å². The van der Waals surface area contributed by atoms with Gasteiger partial charge in [0.25, 0.3) is 5.91 Å². The molecule has 4 heteroatoms. The lowest BCUT2D eigenvalue weighted by Gasteiger charge is -2.28. The van der Waals surface area contributed by atoms with Crippen LogP contribution in [-0.4, -0.2) is 41.6 Å². The first-order chi connectivity index (χ1) is 12.1. The Morgan fingerprint density at radius 1 is 1.12 bits per heavy atom. The monoisotopic (exact) mass is 339 g/mol. The summed E-state index contributed by atoms with van der Waals surface area (Å²) in [6.45, 7) is 10.6. The average Bonchev–Trinajstić information content (AvgIpc) is 2.97. The number of amides is 1. The van der Waals surface area contributed by atoms with Crippen molar-refractivity contribution in [1.82, 2.24) is 14.8 Å². The normalized spacial score (nSPS) is 14.8. The Bertz CT molecular complexity index is 724. The molecule has 0 saturated carbocycles. The van der Waals surface area contributed by atoms with Gasteiger partial charge < -0.3 is 14.8 Å². The van der Waals surface area contributed by atoms with Crippen LogP contribution in [0.4, 0.5) is 0 Å². The van der Waals surface area contributed by atoms with Gasteiger partial charge in [-0.15, -0.1) is 0 Å². The summed E-state index contributed by atoms with van der Waals surface area (Å²) in [6.07, 6.45) is 4.36. The van der Waals surface area contributed by atoms with Gasteiger partial charge in [-0.1, -0.05) is 43.2 Å². The van der Waals surface area contributed by atoms with Gasteiger partial charge in [0.2, 0.25) is 0 Å². The zero-order valence-corrected chi connectivity index (χ0v) is 15.6. The van der Waals surface area contributed by atoms with Gasteiger partial charge in [0.1, 0.15) is 5.69 Å². The van der Waals surface area contributed by atoms with Crippen molar-refractivity contribution in [2.24, 2.45) is 0 Å². The fourth-order valence-corrected chi connectivity index (χ4v) is 3.53. The zero-order chi connectivity index (χ0) is 17.8. The Kier molecular flexibility index (Phi) is 5.59. The standard InChI is InChI=1S/C21H29N3O/c1-4-5-12-24-15-17(3)19(18-8-6-16(2)7-9-18)20(24)21(25)23-13-10-22-11-14-23/h6-9,15,22H,4-5,10-14H2,1-3H3. The number of hydrogen-bond acceptors (Lipinski definition) is 2. The summed E-state index contributed by atoms with van der Waals surface area (Å²) in [6, 6.07) is 8.52. The fraction of sp³-hybridized carbons (Fsp3) is 0.476. The van der Waals surface area contributed by atoms with Crippen molar-refractivity contribution in [2.75, 3.05) is 26.2 Å². The lowest BCUT2D eigenvalue weighted by atomic mass is 10.00. The first-order valence-electron chi connectivity index (χ1n) is 9.38. The van der Waals surface area contributed by atoms with Crippen LogP contribution in [0.3, 0.4) is 0 Å². The molecule has 1 aromatic heterocycles. The molecule has 0 unspecified atom stereocenters. The summed E-state index contributed by atoms with van der Waals surface area (Å²) >= 11 is 0. The molecule has 134 valence electrons. The Morgan fingerprint density at radius 3 is 2.44 bits per heavy atom. The third-order valence-electron chi connectivity index (χ3n) is 4.97. The van der Waals surface area contributed by atoms with Crippen LogP contribution in [0.25, 0.3) is 11.1 Å². The summed E-state index contributed by atoms with van der Waals surface area (Å²) in [4.78, 5) is 15.3. The van der Waals surface area contributed by atoms with Crippen molar-refractivity contribution in [3.05, 3.63) is 47.3 Å². The molecular weight excluding hydrogens is 310 g/mol. The van der Waals surface area contributed by atoms with Crippen LogP contribution in [0.5, 0.6) is 0 Å². The number of aryl methyl sites for hydroxylation is 3. The van der Waals surface area contributed by atoms with Crippen LogP contribution < -0.4 is 5.32 Å². The van der Waals surface area contributed by atoms with Crippen LogP contribution in [-0.2, 0) is 6.54 Å². The number of carbonyl (C=O) groups excluding carboxylic acids is 1. The molecule has 2 heterocycles. The zero-order valence-electron chi connectivity index (χ0n) is 15.6. The molecule has 0 aliphatic carbocycles. The maximum absolute atomic E-state index is 13.3. The second-order valence-electron chi connectivity index (χ2n) is 6.99. The van der Waals surface area contributed by atoms with Gasteiger partial charge in [0.05, 0.1) is 0 Å². The number of unbranched alkanes of at least 4 members (excludes halogenated alkanes) is 1. The molecule has 0 spiro atoms. The van der Waals surface area contributed by atoms with Crippen molar-refractivity contribution in [1.29, 1.82) is 0 Å². The Balaban J connectivity index is 2.05. The Hall–Kier alpha value is -2.07. The minimum atomic E-state index is 0.168. The predicted molar refractivity (Wildman–Crippen MR) is 103 cm³/mol. The van der Waals surface area contributed by atoms with Crippen molar-refractivity contribution >= 4 is 5.91 Å². The maximum atomic E-state index is 13.3. The summed E-state index contributed by atoms with van der Waals surface area (Å²) in [7, 11) is 0. The topological polar surface area (TPSA) is 37.3 Å². The number of nitrogens with zero attached hydrogens (tertiary/aromatic N) is 2. The third kappa shape index (κ3) is 3.79. The number of carbonyl (C=O) groups is 1. The fourth-order valence-electron chi connectivity index (χ4n) is 3.53. The molecule has 1 aliphatic rings. The molecule has 2 aromatic rings.